The fourth-order valence-electron chi connectivity index (χ4n) is 4.05. The molecule has 7 nitrogen and oxygen atoms in total. The molecular formula is C27H43N3O4S. The van der Waals surface area contributed by atoms with Gasteiger partial charge in [0.05, 0.1) is 0 Å². The Balaban J connectivity index is 2.39. The van der Waals surface area contributed by atoms with Gasteiger partial charge in [0.1, 0.15) is 17.7 Å². The van der Waals surface area contributed by atoms with Gasteiger partial charge in [-0.15, -0.1) is 0 Å². The number of unbranched alkanes of at least 4 members (excludes halogenated alkanes) is 2. The summed E-state index contributed by atoms with van der Waals surface area (Å²) in [5, 5.41) is 5.73. The topological polar surface area (TPSA) is 87.7 Å². The molecule has 196 valence electrons. The van der Waals surface area contributed by atoms with Crippen molar-refractivity contribution in [2.45, 2.75) is 104 Å². The van der Waals surface area contributed by atoms with Crippen LogP contribution in [0, 0.1) is 13.8 Å². The number of alkyl carbamates (subject to hydrolysis) is 1. The van der Waals surface area contributed by atoms with E-state index in [1.54, 1.807) is 25.7 Å². The fraction of sp³-hybridized carbons (Fsp3) is 0.667. The fourth-order valence-corrected chi connectivity index (χ4v) is 4.30. The quantitative estimate of drug-likeness (QED) is 0.296. The van der Waals surface area contributed by atoms with Crippen molar-refractivity contribution in [3.05, 3.63) is 34.9 Å². The first kappa shape index (κ1) is 29.0. The highest BCUT2D eigenvalue weighted by Crippen LogP contribution is 2.34. The van der Waals surface area contributed by atoms with Crippen LogP contribution < -0.4 is 10.6 Å². The average molecular weight is 506 g/mol. The SMILES string of the molecule is CCCCCNC(=O)C(c1ccc(C)c(C)c1)N(C(=O)C(CS)NC(=O)OC(C)(C)C)C1CCC1. The van der Waals surface area contributed by atoms with E-state index in [4.69, 9.17) is 4.74 Å². The highest BCUT2D eigenvalue weighted by molar-refractivity contribution is 7.80. The Hall–Kier alpha value is -2.22. The Morgan fingerprint density at radius 1 is 1.14 bits per heavy atom. The van der Waals surface area contributed by atoms with Gasteiger partial charge in [-0.2, -0.15) is 12.6 Å². The van der Waals surface area contributed by atoms with E-state index >= 15 is 0 Å². The minimum absolute atomic E-state index is 0.0710. The van der Waals surface area contributed by atoms with Crippen molar-refractivity contribution < 1.29 is 19.1 Å². The highest BCUT2D eigenvalue weighted by atomic mass is 32.1. The Morgan fingerprint density at radius 3 is 2.34 bits per heavy atom. The van der Waals surface area contributed by atoms with Crippen LogP contribution in [0.25, 0.3) is 0 Å². The summed E-state index contributed by atoms with van der Waals surface area (Å²) in [6.45, 7) is 12.0. The Bertz CT molecular complexity index is 880. The van der Waals surface area contributed by atoms with Gasteiger partial charge in [-0.1, -0.05) is 38.0 Å². The van der Waals surface area contributed by atoms with E-state index < -0.39 is 23.8 Å². The second-order valence-corrected chi connectivity index (χ2v) is 10.8. The molecule has 0 radical (unpaired) electrons. The van der Waals surface area contributed by atoms with E-state index in [2.05, 4.69) is 30.2 Å². The van der Waals surface area contributed by atoms with Gasteiger partial charge >= 0.3 is 6.09 Å². The lowest BCUT2D eigenvalue weighted by Gasteiger charge is -2.43. The van der Waals surface area contributed by atoms with Crippen molar-refractivity contribution in [1.29, 1.82) is 0 Å². The molecule has 0 spiro atoms. The summed E-state index contributed by atoms with van der Waals surface area (Å²) >= 11 is 4.35. The molecule has 1 aromatic carbocycles. The zero-order valence-electron chi connectivity index (χ0n) is 22.1. The molecule has 1 aromatic rings. The molecule has 1 aliphatic rings. The van der Waals surface area contributed by atoms with Crippen molar-refractivity contribution in [1.82, 2.24) is 15.5 Å². The predicted octanol–water partition coefficient (Wildman–Crippen LogP) is 4.86. The van der Waals surface area contributed by atoms with E-state index in [1.165, 1.54) is 0 Å². The van der Waals surface area contributed by atoms with Crippen LogP contribution in [-0.2, 0) is 14.3 Å². The van der Waals surface area contributed by atoms with Gasteiger partial charge in [-0.25, -0.2) is 4.79 Å². The third kappa shape index (κ3) is 8.44. The monoisotopic (exact) mass is 505 g/mol. The Morgan fingerprint density at radius 2 is 1.83 bits per heavy atom. The van der Waals surface area contributed by atoms with Gasteiger partial charge in [0.2, 0.25) is 11.8 Å². The third-order valence-corrected chi connectivity index (χ3v) is 6.71. The maximum absolute atomic E-state index is 13.9. The first-order valence-electron chi connectivity index (χ1n) is 12.8. The standard InChI is InChI=1S/C27H43N3O4S/c1-7-8-9-15-28-24(31)23(20-14-13-18(2)19(3)16-20)30(21-11-10-12-21)25(32)22(17-35)29-26(33)34-27(4,5)6/h13-14,16,21-23,35H,7-12,15,17H2,1-6H3,(H,28,31)(H,29,33). The van der Waals surface area contributed by atoms with Gasteiger partial charge in [0, 0.05) is 18.3 Å². The van der Waals surface area contributed by atoms with Crippen LogP contribution in [0.1, 0.15) is 89.0 Å². The van der Waals surface area contributed by atoms with Crippen molar-refractivity contribution >= 4 is 30.5 Å². The number of thiol groups is 1. The lowest BCUT2D eigenvalue weighted by Crippen LogP contribution is -2.58. The number of carbonyl (C=O) groups excluding carboxylic acids is 3. The van der Waals surface area contributed by atoms with Crippen LogP contribution in [0.4, 0.5) is 4.79 Å². The second kappa shape index (κ2) is 13.2. The minimum Gasteiger partial charge on any atom is -0.444 e. The summed E-state index contributed by atoms with van der Waals surface area (Å²) in [6.07, 6.45) is 4.94. The maximum atomic E-state index is 13.9. The summed E-state index contributed by atoms with van der Waals surface area (Å²) < 4.78 is 5.36. The summed E-state index contributed by atoms with van der Waals surface area (Å²) in [4.78, 5) is 41.6. The van der Waals surface area contributed by atoms with Crippen LogP contribution in [0.15, 0.2) is 18.2 Å². The van der Waals surface area contributed by atoms with Gasteiger partial charge in [0.25, 0.3) is 0 Å². The number of nitrogens with zero attached hydrogens (tertiary/aromatic N) is 1. The molecule has 0 aliphatic heterocycles. The molecule has 1 fully saturated rings. The normalized spacial score (nSPS) is 15.5. The van der Waals surface area contributed by atoms with Crippen molar-refractivity contribution in [2.24, 2.45) is 0 Å². The number of carbonyl (C=O) groups is 3. The van der Waals surface area contributed by atoms with Gasteiger partial charge < -0.3 is 20.3 Å². The van der Waals surface area contributed by atoms with Crippen molar-refractivity contribution in [3.63, 3.8) is 0 Å². The third-order valence-electron chi connectivity index (χ3n) is 6.35. The molecular weight excluding hydrogens is 462 g/mol. The number of amides is 3. The molecule has 0 aromatic heterocycles. The number of aryl methyl sites for hydroxylation is 2. The smallest absolute Gasteiger partial charge is 0.408 e. The number of nitrogens with one attached hydrogen (secondary N) is 2. The average Bonchev–Trinajstić information content (AvgIpc) is 2.74. The highest BCUT2D eigenvalue weighted by Gasteiger charge is 2.41. The maximum Gasteiger partial charge on any atom is 0.408 e. The molecule has 2 N–H and O–H groups in total. The van der Waals surface area contributed by atoms with E-state index in [9.17, 15) is 14.4 Å². The number of hydrogen-bond acceptors (Lipinski definition) is 5. The summed E-state index contributed by atoms with van der Waals surface area (Å²) in [5.41, 5.74) is 2.26. The first-order chi connectivity index (χ1) is 16.5. The van der Waals surface area contributed by atoms with E-state index in [1.807, 2.05) is 32.0 Å². The van der Waals surface area contributed by atoms with Gasteiger partial charge in [-0.05, 0) is 77.0 Å². The van der Waals surface area contributed by atoms with E-state index in [0.717, 1.165) is 55.2 Å². The van der Waals surface area contributed by atoms with Gasteiger partial charge in [-0.3, -0.25) is 9.59 Å². The number of benzene rings is 1. The minimum atomic E-state index is -0.907. The summed E-state index contributed by atoms with van der Waals surface area (Å²) in [5.74, 6) is -0.415. The molecule has 1 saturated carbocycles. The van der Waals surface area contributed by atoms with Crippen LogP contribution in [0.3, 0.4) is 0 Å². The zero-order valence-corrected chi connectivity index (χ0v) is 23.0. The van der Waals surface area contributed by atoms with Crippen LogP contribution in [0.5, 0.6) is 0 Å². The Kier molecular flexibility index (Phi) is 10.9. The second-order valence-electron chi connectivity index (χ2n) is 10.5. The molecule has 0 saturated heterocycles. The lowest BCUT2D eigenvalue weighted by molar-refractivity contribution is -0.147. The molecule has 35 heavy (non-hydrogen) atoms. The molecule has 8 heteroatoms. The number of ether oxygens (including phenoxy) is 1. The number of hydrogen-bond donors (Lipinski definition) is 3. The largest absolute Gasteiger partial charge is 0.444 e. The molecule has 2 unspecified atom stereocenters. The number of rotatable bonds is 11. The molecule has 3 amide bonds. The Labute approximate surface area is 216 Å². The van der Waals surface area contributed by atoms with Crippen LogP contribution in [0.2, 0.25) is 0 Å². The predicted molar refractivity (Wildman–Crippen MR) is 143 cm³/mol. The van der Waals surface area contributed by atoms with E-state index in [0.29, 0.717) is 6.54 Å². The van der Waals surface area contributed by atoms with Crippen LogP contribution >= 0.6 is 12.6 Å². The molecule has 0 bridgehead atoms. The van der Waals surface area contributed by atoms with Crippen molar-refractivity contribution in [2.75, 3.05) is 12.3 Å². The molecule has 2 atom stereocenters. The molecule has 2 rings (SSSR count). The summed E-state index contributed by atoms with van der Waals surface area (Å²) in [7, 11) is 0. The van der Waals surface area contributed by atoms with Crippen molar-refractivity contribution in [3.8, 4) is 0 Å². The summed E-state index contributed by atoms with van der Waals surface area (Å²) in [6, 6.07) is 4.14. The first-order valence-corrected chi connectivity index (χ1v) is 13.4. The molecule has 1 aliphatic carbocycles. The molecule has 0 heterocycles. The van der Waals surface area contributed by atoms with Crippen LogP contribution in [-0.4, -0.2) is 52.8 Å². The lowest BCUT2D eigenvalue weighted by atomic mass is 9.87. The van der Waals surface area contributed by atoms with E-state index in [-0.39, 0.29) is 23.6 Å². The zero-order chi connectivity index (χ0) is 26.2. The van der Waals surface area contributed by atoms with Gasteiger partial charge in [0.15, 0.2) is 0 Å².